The molecule has 3 N–H and O–H groups in total. The van der Waals surface area contributed by atoms with E-state index in [1.165, 1.54) is 6.08 Å². The molecule has 0 radical (unpaired) electrons. The van der Waals surface area contributed by atoms with Gasteiger partial charge in [0.05, 0.1) is 58.3 Å². The zero-order chi connectivity index (χ0) is 54.7. The fourth-order valence-corrected chi connectivity index (χ4v) is 12.5. The van der Waals surface area contributed by atoms with Gasteiger partial charge < -0.3 is 48.8 Å². The number of cyclic esters (lactones) is 1. The molecular weight excluding hydrogens is 995 g/mol. The smallest absolute Gasteiger partial charge is 0.325 e. The van der Waals surface area contributed by atoms with Gasteiger partial charge in [-0.15, -0.1) is 0 Å². The Morgan fingerprint density at radius 3 is 2.15 bits per heavy atom. The molecule has 5 aromatic rings. The number of carbonyl (C=O) groups is 6. The van der Waals surface area contributed by atoms with E-state index in [1.54, 1.807) is 59.5 Å². The molecule has 0 unspecified atom stereocenters. The normalized spacial score (nSPS) is 26.3. The van der Waals surface area contributed by atoms with Gasteiger partial charge in [-0.1, -0.05) is 116 Å². The number of quaternary nitrogens is 1. The summed E-state index contributed by atoms with van der Waals surface area (Å²) in [6, 6.07) is 34.9. The van der Waals surface area contributed by atoms with Gasteiger partial charge in [-0.05, 0) is 83.8 Å². The number of esters is 3. The number of nitrogens with one attached hydrogen (secondary N) is 2. The second-order valence-electron chi connectivity index (χ2n) is 21.5. The molecule has 4 fully saturated rings. The number of aliphatic hydroxyl groups is 1. The Balaban J connectivity index is 0.926. The first kappa shape index (κ1) is 53.5. The van der Waals surface area contributed by atoms with Crippen LogP contribution in [0.5, 0.6) is 11.5 Å². The molecule has 0 aromatic heterocycles. The highest BCUT2D eigenvalue weighted by Crippen LogP contribution is 2.65. The number of nitrogens with zero attached hydrogens (tertiary/aromatic N) is 3. The number of hydrogen-bond donors (Lipinski definition) is 3. The molecule has 0 aliphatic carbocycles. The number of anilines is 1. The van der Waals surface area contributed by atoms with Gasteiger partial charge >= 0.3 is 17.9 Å². The van der Waals surface area contributed by atoms with Crippen molar-refractivity contribution in [2.24, 2.45) is 11.8 Å². The van der Waals surface area contributed by atoms with Crippen LogP contribution in [-0.4, -0.2) is 134 Å². The Bertz CT molecular complexity index is 3040. The summed E-state index contributed by atoms with van der Waals surface area (Å²) >= 11 is 0. The van der Waals surface area contributed by atoms with Crippen LogP contribution in [0.25, 0.3) is 0 Å². The number of ether oxygens (including phenoxy) is 5. The molecule has 0 bridgehead atoms. The largest absolute Gasteiger partial charge is 0.491 e. The lowest BCUT2D eigenvalue weighted by Crippen LogP contribution is -2.61. The molecular formula is C61H66N5O12+. The van der Waals surface area contributed by atoms with Gasteiger partial charge in [0.2, 0.25) is 17.7 Å². The first-order valence-corrected chi connectivity index (χ1v) is 26.7. The van der Waals surface area contributed by atoms with Gasteiger partial charge in [0, 0.05) is 5.69 Å². The zero-order valence-electron chi connectivity index (χ0n) is 44.0. The number of piperazine rings is 1. The van der Waals surface area contributed by atoms with Crippen LogP contribution in [0.1, 0.15) is 77.7 Å². The first-order valence-electron chi connectivity index (χ1n) is 26.7. The van der Waals surface area contributed by atoms with Crippen LogP contribution in [0.4, 0.5) is 5.69 Å². The van der Waals surface area contributed by atoms with E-state index in [0.717, 1.165) is 35.0 Å². The monoisotopic (exact) mass is 1060 g/mol. The quantitative estimate of drug-likeness (QED) is 0.0258. The Morgan fingerprint density at radius 1 is 0.744 bits per heavy atom. The molecule has 1 spiro atoms. The highest BCUT2D eigenvalue weighted by atomic mass is 16.6. The third-order valence-corrected chi connectivity index (χ3v) is 15.7. The highest BCUT2D eigenvalue weighted by molar-refractivity contribution is 6.11. The number of para-hydroxylation sites is 1. The third kappa shape index (κ3) is 10.1. The maximum Gasteiger partial charge on any atom is 0.325 e. The Hall–Kier alpha value is -7.86. The summed E-state index contributed by atoms with van der Waals surface area (Å²) in [4.78, 5) is 90.7. The minimum Gasteiger partial charge on any atom is -0.491 e. The Labute approximate surface area is 453 Å². The van der Waals surface area contributed by atoms with Crippen LogP contribution >= 0.6 is 0 Å². The summed E-state index contributed by atoms with van der Waals surface area (Å²) in [6.07, 6.45) is 2.70. The van der Waals surface area contributed by atoms with Crippen LogP contribution in [0.2, 0.25) is 0 Å². The summed E-state index contributed by atoms with van der Waals surface area (Å²) in [7, 11) is 6.32. The SMILES string of the molecule is C=CCOC(=O)[C@@H]1[C@H]2C(=O)O[C@H](c3ccccc3)[C@H](c3ccccc3)N2[C@H](c2ccc(OCCOC(=O)[C@@H]3C[C@@H]4C(=O)N[C@@H](CCCC[N+](C)(C)C)C(=O)N4[C@@H]3c3cccc(OCCO)c3)cc2)[C@@]12C(=O)Nc1ccccc12. The molecule has 78 heavy (non-hydrogen) atoms. The lowest BCUT2D eigenvalue weighted by atomic mass is 9.65. The predicted octanol–water partition coefficient (Wildman–Crippen LogP) is 6.31. The minimum atomic E-state index is -1.70. The molecule has 17 heteroatoms. The number of morpholine rings is 1. The molecule has 5 aromatic carbocycles. The zero-order valence-corrected chi connectivity index (χ0v) is 44.0. The van der Waals surface area contributed by atoms with Crippen molar-refractivity contribution in [1.82, 2.24) is 15.1 Å². The van der Waals surface area contributed by atoms with Crippen LogP contribution in [0.3, 0.4) is 0 Å². The van der Waals surface area contributed by atoms with Crippen molar-refractivity contribution < 1.29 is 62.0 Å². The predicted molar refractivity (Wildman–Crippen MR) is 286 cm³/mol. The van der Waals surface area contributed by atoms with Crippen LogP contribution in [0, 0.1) is 11.8 Å². The summed E-state index contributed by atoms with van der Waals surface area (Å²) < 4.78 is 30.9. The van der Waals surface area contributed by atoms with Crippen molar-refractivity contribution >= 4 is 41.3 Å². The molecule has 3 amide bonds. The first-order chi connectivity index (χ1) is 37.7. The van der Waals surface area contributed by atoms with E-state index in [0.29, 0.717) is 40.3 Å². The van der Waals surface area contributed by atoms with E-state index < -0.39 is 83.4 Å². The second kappa shape index (κ2) is 22.6. The van der Waals surface area contributed by atoms with Crippen molar-refractivity contribution in [1.29, 1.82) is 0 Å². The van der Waals surface area contributed by atoms with Gasteiger partial charge in [0.25, 0.3) is 0 Å². The lowest BCUT2D eigenvalue weighted by molar-refractivity contribution is -0.870. The van der Waals surface area contributed by atoms with Gasteiger partial charge in [-0.2, -0.15) is 0 Å². The molecule has 0 saturated carbocycles. The maximum atomic E-state index is 15.2. The van der Waals surface area contributed by atoms with Gasteiger partial charge in [-0.3, -0.25) is 33.7 Å². The van der Waals surface area contributed by atoms with E-state index in [9.17, 15) is 29.1 Å². The summed E-state index contributed by atoms with van der Waals surface area (Å²) in [5.74, 6) is -4.51. The van der Waals surface area contributed by atoms with Gasteiger partial charge in [0.1, 0.15) is 73.5 Å². The number of fused-ring (bicyclic) bond motifs is 4. The molecule has 406 valence electrons. The molecule has 5 heterocycles. The van der Waals surface area contributed by atoms with Crippen LogP contribution in [0.15, 0.2) is 146 Å². The number of benzene rings is 5. The number of aliphatic hydroxyl groups excluding tert-OH is 1. The summed E-state index contributed by atoms with van der Waals surface area (Å²) in [5.41, 5.74) is 2.06. The lowest BCUT2D eigenvalue weighted by Gasteiger charge is -2.46. The molecule has 5 aliphatic rings. The van der Waals surface area contributed by atoms with Crippen molar-refractivity contribution in [2.75, 3.05) is 66.0 Å². The number of unbranched alkanes of at least 4 members (excludes halogenated alkanes) is 1. The molecule has 4 saturated heterocycles. The number of rotatable bonds is 20. The number of hydrogen-bond acceptors (Lipinski definition) is 13. The fraction of sp³-hybridized carbons (Fsp3) is 0.377. The average Bonchev–Trinajstić information content (AvgIpc) is 4.07. The molecule has 10 rings (SSSR count). The van der Waals surface area contributed by atoms with Crippen molar-refractivity contribution in [3.05, 3.63) is 174 Å². The fourth-order valence-electron chi connectivity index (χ4n) is 12.5. The van der Waals surface area contributed by atoms with Crippen molar-refractivity contribution in [3.8, 4) is 11.5 Å². The number of amides is 3. The van der Waals surface area contributed by atoms with Gasteiger partial charge in [0.15, 0.2) is 0 Å². The van der Waals surface area contributed by atoms with Crippen LogP contribution < -0.4 is 20.1 Å². The highest BCUT2D eigenvalue weighted by Gasteiger charge is 2.74. The number of carbonyl (C=O) groups excluding carboxylic acids is 6. The average molecular weight is 1060 g/mol. The molecule has 17 nitrogen and oxygen atoms in total. The summed E-state index contributed by atoms with van der Waals surface area (Å²) in [5, 5.41) is 15.5. The minimum absolute atomic E-state index is 0.0458. The maximum absolute atomic E-state index is 15.2. The summed E-state index contributed by atoms with van der Waals surface area (Å²) in [6.45, 7) is 4.11. The van der Waals surface area contributed by atoms with E-state index in [-0.39, 0.29) is 51.3 Å². The van der Waals surface area contributed by atoms with Crippen molar-refractivity contribution in [2.45, 2.75) is 73.5 Å². The van der Waals surface area contributed by atoms with Gasteiger partial charge in [-0.25, -0.2) is 0 Å². The second-order valence-corrected chi connectivity index (χ2v) is 21.5. The van der Waals surface area contributed by atoms with E-state index in [1.807, 2.05) is 83.8 Å². The topological polar surface area (TPSA) is 199 Å². The van der Waals surface area contributed by atoms with E-state index in [4.69, 9.17) is 23.7 Å². The van der Waals surface area contributed by atoms with E-state index in [2.05, 4.69) is 38.4 Å². The van der Waals surface area contributed by atoms with E-state index >= 15 is 4.79 Å². The Kier molecular flexibility index (Phi) is 15.5. The third-order valence-electron chi connectivity index (χ3n) is 15.7. The molecule has 5 aliphatic heterocycles. The molecule has 10 atom stereocenters. The standard InChI is InChI=1S/C61H65N5O12/c1-5-32-76-58(71)49-52-59(72)78-53(39-19-10-7-11-20-39)51(38-17-8-6-9-18-38)65(52)54(61(49)45-23-12-13-24-46(45)63-60(61)73)40-26-28-42(29-27-40)75-34-35-77-57(70)44-37-48-55(68)62-47(25-14-15-30-66(2,3)4)56(69)64(48)50(44)41-21-16-22-43(36-41)74-33-31-67/h5-13,16-24,26-29,36,44,47-54,67H,1,14-15,25,30-35,37H2,2-4H3,(H-,62,63,68,73)/p+1/t44-,47+,48-,49+,50-,51+,52+,53-,54-,61+/m1/s1. The van der Waals surface area contributed by atoms with Crippen LogP contribution in [-0.2, 0) is 48.4 Å². The Morgan fingerprint density at radius 2 is 1.44 bits per heavy atom. The van der Waals surface area contributed by atoms with Crippen molar-refractivity contribution in [3.63, 3.8) is 0 Å².